The van der Waals surface area contributed by atoms with Crippen molar-refractivity contribution in [1.29, 1.82) is 0 Å². The van der Waals surface area contributed by atoms with Crippen LogP contribution in [0.15, 0.2) is 48.7 Å². The molecule has 0 amide bonds. The van der Waals surface area contributed by atoms with Gasteiger partial charge in [-0.25, -0.2) is 0 Å². The molecule has 0 bridgehead atoms. The highest BCUT2D eigenvalue weighted by atomic mass is 16.8. The van der Waals surface area contributed by atoms with E-state index < -0.39 is 0 Å². The highest BCUT2D eigenvalue weighted by molar-refractivity contribution is 5.02. The molecule has 1 aromatic carbocycles. The van der Waals surface area contributed by atoms with Crippen molar-refractivity contribution >= 4 is 0 Å². The van der Waals surface area contributed by atoms with E-state index in [-0.39, 0.29) is 6.29 Å². The Morgan fingerprint density at radius 2 is 1.42 bits per heavy atom. The Hall–Kier alpha value is -1.28. The summed E-state index contributed by atoms with van der Waals surface area (Å²) >= 11 is 0. The standard InChI is InChI=1S/C6H6.C4H4O2/c1-2-4-6-5-3-1;1-2-5-4-3(1)6-4/h1-6H;1-4H. The van der Waals surface area contributed by atoms with E-state index in [0.717, 1.165) is 0 Å². The monoisotopic (exact) mass is 162 g/mol. The summed E-state index contributed by atoms with van der Waals surface area (Å²) < 4.78 is 9.67. The van der Waals surface area contributed by atoms with Crippen LogP contribution in [0.3, 0.4) is 0 Å². The highest BCUT2D eigenvalue weighted by Gasteiger charge is 2.41. The molecule has 1 fully saturated rings. The summed E-state index contributed by atoms with van der Waals surface area (Å²) in [6.45, 7) is 0. The first kappa shape index (κ1) is 7.37. The fourth-order valence-electron chi connectivity index (χ4n) is 0.940. The van der Waals surface area contributed by atoms with Gasteiger partial charge in [0.05, 0.1) is 6.26 Å². The summed E-state index contributed by atoms with van der Waals surface area (Å²) in [7, 11) is 0. The molecule has 1 aromatic rings. The molecule has 2 aliphatic heterocycles. The quantitative estimate of drug-likeness (QED) is 0.544. The molecule has 3 rings (SSSR count). The van der Waals surface area contributed by atoms with Gasteiger partial charge in [0, 0.05) is 0 Å². The maximum atomic E-state index is 4.84. The number of hydrogen-bond acceptors (Lipinski definition) is 2. The van der Waals surface area contributed by atoms with Gasteiger partial charge in [0.1, 0.15) is 6.10 Å². The third kappa shape index (κ3) is 1.86. The highest BCUT2D eigenvalue weighted by Crippen LogP contribution is 2.29. The molecule has 62 valence electrons. The van der Waals surface area contributed by atoms with Gasteiger partial charge in [0.25, 0.3) is 0 Å². The van der Waals surface area contributed by atoms with Crippen molar-refractivity contribution in [3.05, 3.63) is 48.7 Å². The molecule has 0 spiro atoms. The van der Waals surface area contributed by atoms with Crippen LogP contribution in [0.2, 0.25) is 0 Å². The maximum absolute atomic E-state index is 4.84. The van der Waals surface area contributed by atoms with Crippen molar-refractivity contribution in [2.75, 3.05) is 0 Å². The van der Waals surface area contributed by atoms with Crippen LogP contribution in [-0.2, 0) is 9.47 Å². The van der Waals surface area contributed by atoms with Gasteiger partial charge in [-0.15, -0.1) is 0 Å². The number of ether oxygens (including phenoxy) is 2. The van der Waals surface area contributed by atoms with Crippen molar-refractivity contribution in [3.8, 4) is 0 Å². The van der Waals surface area contributed by atoms with Gasteiger partial charge in [-0.05, 0) is 6.08 Å². The van der Waals surface area contributed by atoms with E-state index in [2.05, 4.69) is 0 Å². The summed E-state index contributed by atoms with van der Waals surface area (Å²) in [5.41, 5.74) is 0. The zero-order valence-electron chi connectivity index (χ0n) is 6.59. The Bertz CT molecular complexity index is 229. The maximum Gasteiger partial charge on any atom is 0.230 e. The molecule has 2 heteroatoms. The van der Waals surface area contributed by atoms with Crippen LogP contribution in [0.25, 0.3) is 0 Å². The molecule has 2 aliphatic rings. The van der Waals surface area contributed by atoms with E-state index in [1.807, 2.05) is 42.5 Å². The van der Waals surface area contributed by atoms with Crippen molar-refractivity contribution < 1.29 is 9.47 Å². The van der Waals surface area contributed by atoms with E-state index >= 15 is 0 Å². The summed E-state index contributed by atoms with van der Waals surface area (Å²) in [5, 5.41) is 0. The van der Waals surface area contributed by atoms with Gasteiger partial charge in [0.15, 0.2) is 0 Å². The van der Waals surface area contributed by atoms with Crippen LogP contribution >= 0.6 is 0 Å². The lowest BCUT2D eigenvalue weighted by molar-refractivity contribution is 0.128. The van der Waals surface area contributed by atoms with E-state index in [1.54, 1.807) is 6.26 Å². The molecule has 0 saturated carbocycles. The number of rotatable bonds is 0. The van der Waals surface area contributed by atoms with Gasteiger partial charge >= 0.3 is 0 Å². The molecule has 2 atom stereocenters. The average Bonchev–Trinajstić information content (AvgIpc) is 2.78. The van der Waals surface area contributed by atoms with Crippen LogP contribution in [0.5, 0.6) is 0 Å². The second-order valence-corrected chi connectivity index (χ2v) is 2.59. The second-order valence-electron chi connectivity index (χ2n) is 2.59. The smallest absolute Gasteiger partial charge is 0.230 e. The van der Waals surface area contributed by atoms with E-state index in [0.29, 0.717) is 6.10 Å². The normalized spacial score (nSPS) is 28.0. The van der Waals surface area contributed by atoms with Crippen LogP contribution < -0.4 is 0 Å². The van der Waals surface area contributed by atoms with Gasteiger partial charge in [-0.3, -0.25) is 0 Å². The summed E-state index contributed by atoms with van der Waals surface area (Å²) in [4.78, 5) is 0. The number of fused-ring (bicyclic) bond motifs is 1. The number of benzene rings is 1. The molecule has 1 saturated heterocycles. The number of epoxide rings is 1. The topological polar surface area (TPSA) is 21.8 Å². The van der Waals surface area contributed by atoms with Crippen LogP contribution in [0, 0.1) is 0 Å². The minimum absolute atomic E-state index is 0.102. The summed E-state index contributed by atoms with van der Waals surface area (Å²) in [6.07, 6.45) is 4.00. The SMILES string of the molecule is C1=CC2OC2O1.c1ccccc1. The van der Waals surface area contributed by atoms with Crippen molar-refractivity contribution in [2.45, 2.75) is 12.4 Å². The molecule has 2 nitrogen and oxygen atoms in total. The summed E-state index contributed by atoms with van der Waals surface area (Å²) in [6, 6.07) is 12.0. The fourth-order valence-corrected chi connectivity index (χ4v) is 0.940. The Morgan fingerprint density at radius 3 is 1.58 bits per heavy atom. The van der Waals surface area contributed by atoms with E-state index in [4.69, 9.17) is 9.47 Å². The molecule has 0 radical (unpaired) electrons. The van der Waals surface area contributed by atoms with Gasteiger partial charge in [-0.2, -0.15) is 0 Å². The zero-order chi connectivity index (χ0) is 8.23. The zero-order valence-corrected chi connectivity index (χ0v) is 6.59. The first-order valence-electron chi connectivity index (χ1n) is 3.94. The first-order chi connectivity index (χ1) is 5.97. The largest absolute Gasteiger partial charge is 0.470 e. The van der Waals surface area contributed by atoms with Crippen molar-refractivity contribution in [3.63, 3.8) is 0 Å². The van der Waals surface area contributed by atoms with E-state index in [1.165, 1.54) is 0 Å². The van der Waals surface area contributed by atoms with Gasteiger partial charge in [-0.1, -0.05) is 36.4 Å². The molecule has 0 aliphatic carbocycles. The Kier molecular flexibility index (Phi) is 2.10. The average molecular weight is 162 g/mol. The van der Waals surface area contributed by atoms with Crippen LogP contribution in [-0.4, -0.2) is 12.4 Å². The van der Waals surface area contributed by atoms with Gasteiger partial charge < -0.3 is 9.47 Å². The van der Waals surface area contributed by atoms with Crippen LogP contribution in [0.1, 0.15) is 0 Å². The minimum atomic E-state index is 0.102. The van der Waals surface area contributed by atoms with Crippen molar-refractivity contribution in [2.24, 2.45) is 0 Å². The molecular weight excluding hydrogens is 152 g/mol. The Labute approximate surface area is 71.4 Å². The third-order valence-corrected chi connectivity index (χ3v) is 1.63. The van der Waals surface area contributed by atoms with E-state index in [9.17, 15) is 0 Å². The molecule has 12 heavy (non-hydrogen) atoms. The third-order valence-electron chi connectivity index (χ3n) is 1.63. The molecule has 0 N–H and O–H groups in total. The Morgan fingerprint density at radius 1 is 0.833 bits per heavy atom. The van der Waals surface area contributed by atoms with Crippen LogP contribution in [0.4, 0.5) is 0 Å². The van der Waals surface area contributed by atoms with Crippen molar-refractivity contribution in [1.82, 2.24) is 0 Å². The molecular formula is C10H10O2. The molecule has 2 heterocycles. The molecule has 0 aromatic heterocycles. The van der Waals surface area contributed by atoms with Gasteiger partial charge in [0.2, 0.25) is 6.29 Å². The number of hydrogen-bond donors (Lipinski definition) is 0. The second kappa shape index (κ2) is 3.41. The first-order valence-corrected chi connectivity index (χ1v) is 3.94. The Balaban J connectivity index is 0.0000000939. The lowest BCUT2D eigenvalue weighted by Gasteiger charge is -1.81. The summed E-state index contributed by atoms with van der Waals surface area (Å²) in [5.74, 6) is 0. The molecule has 2 unspecified atom stereocenters. The minimum Gasteiger partial charge on any atom is -0.470 e. The predicted octanol–water partition coefficient (Wildman–Crippen LogP) is 1.94. The lowest BCUT2D eigenvalue weighted by Crippen LogP contribution is -1.80. The lowest BCUT2D eigenvalue weighted by atomic mass is 10.4. The fraction of sp³-hybridized carbons (Fsp3) is 0.200. The predicted molar refractivity (Wildman–Crippen MR) is 45.3 cm³/mol.